The summed E-state index contributed by atoms with van der Waals surface area (Å²) in [5.41, 5.74) is 4.77. The minimum atomic E-state index is 0.493. The maximum Gasteiger partial charge on any atom is 0.154 e. The fourth-order valence-electron chi connectivity index (χ4n) is 1.61. The number of halogens is 1. The number of rotatable bonds is 3. The SMILES string of the molecule is Cc1ccccc1CSc1nnc(Cl)c(C)c1C. The lowest BCUT2D eigenvalue weighted by atomic mass is 10.1. The number of hydrogen-bond donors (Lipinski definition) is 0. The molecular weight excluding hydrogens is 264 g/mol. The van der Waals surface area contributed by atoms with Gasteiger partial charge in [0.25, 0.3) is 0 Å². The molecule has 0 spiro atoms. The van der Waals surface area contributed by atoms with E-state index in [4.69, 9.17) is 11.6 Å². The van der Waals surface area contributed by atoms with Crippen LogP contribution in [0, 0.1) is 20.8 Å². The fraction of sp³-hybridized carbons (Fsp3) is 0.286. The summed E-state index contributed by atoms with van der Waals surface area (Å²) in [6.07, 6.45) is 0. The van der Waals surface area contributed by atoms with Crippen LogP contribution < -0.4 is 0 Å². The zero-order chi connectivity index (χ0) is 13.1. The minimum Gasteiger partial charge on any atom is -0.142 e. The van der Waals surface area contributed by atoms with Gasteiger partial charge >= 0.3 is 0 Å². The zero-order valence-corrected chi connectivity index (χ0v) is 12.3. The van der Waals surface area contributed by atoms with Crippen molar-refractivity contribution in [3.05, 3.63) is 51.7 Å². The molecule has 0 atom stereocenters. The average Bonchev–Trinajstić information content (AvgIpc) is 2.37. The van der Waals surface area contributed by atoms with Gasteiger partial charge in [-0.3, -0.25) is 0 Å². The van der Waals surface area contributed by atoms with E-state index in [1.54, 1.807) is 11.8 Å². The van der Waals surface area contributed by atoms with Gasteiger partial charge in [-0.15, -0.1) is 10.2 Å². The molecule has 1 aromatic carbocycles. The molecule has 0 aliphatic carbocycles. The van der Waals surface area contributed by atoms with Crippen LogP contribution in [0.15, 0.2) is 29.3 Å². The van der Waals surface area contributed by atoms with Crippen LogP contribution in [0.4, 0.5) is 0 Å². The summed E-state index contributed by atoms with van der Waals surface area (Å²) in [5.74, 6) is 0.906. The second-order valence-corrected chi connectivity index (χ2v) is 5.58. The maximum atomic E-state index is 5.95. The van der Waals surface area contributed by atoms with Gasteiger partial charge in [-0.05, 0) is 43.0 Å². The quantitative estimate of drug-likeness (QED) is 0.781. The third-order valence-electron chi connectivity index (χ3n) is 3.05. The first-order chi connectivity index (χ1) is 8.59. The number of aryl methyl sites for hydroxylation is 1. The van der Waals surface area contributed by atoms with E-state index in [1.165, 1.54) is 11.1 Å². The molecule has 0 amide bonds. The van der Waals surface area contributed by atoms with Crippen LogP contribution in [0.5, 0.6) is 0 Å². The van der Waals surface area contributed by atoms with E-state index in [2.05, 4.69) is 41.4 Å². The lowest BCUT2D eigenvalue weighted by Gasteiger charge is -2.08. The minimum absolute atomic E-state index is 0.493. The van der Waals surface area contributed by atoms with Gasteiger partial charge in [-0.25, -0.2) is 0 Å². The van der Waals surface area contributed by atoms with E-state index >= 15 is 0 Å². The third-order valence-corrected chi connectivity index (χ3v) is 4.52. The third kappa shape index (κ3) is 2.85. The topological polar surface area (TPSA) is 25.8 Å². The Morgan fingerprint density at radius 1 is 1.06 bits per heavy atom. The van der Waals surface area contributed by atoms with Crippen molar-refractivity contribution in [3.63, 3.8) is 0 Å². The van der Waals surface area contributed by atoms with Gasteiger partial charge in [0.15, 0.2) is 5.15 Å². The molecule has 0 unspecified atom stereocenters. The molecule has 0 N–H and O–H groups in total. The highest BCUT2D eigenvalue weighted by atomic mass is 35.5. The van der Waals surface area contributed by atoms with Gasteiger partial charge in [-0.1, -0.05) is 47.6 Å². The van der Waals surface area contributed by atoms with Crippen molar-refractivity contribution in [1.82, 2.24) is 10.2 Å². The van der Waals surface area contributed by atoms with Crippen LogP contribution in [0.2, 0.25) is 5.15 Å². The molecule has 0 radical (unpaired) electrons. The van der Waals surface area contributed by atoms with Gasteiger partial charge in [0, 0.05) is 5.75 Å². The molecule has 0 fully saturated rings. The highest BCUT2D eigenvalue weighted by Crippen LogP contribution is 2.28. The van der Waals surface area contributed by atoms with E-state index in [9.17, 15) is 0 Å². The predicted octanol–water partition coefficient (Wildman–Crippen LogP) is 4.35. The number of aromatic nitrogens is 2. The Morgan fingerprint density at radius 2 is 1.78 bits per heavy atom. The number of benzene rings is 1. The normalized spacial score (nSPS) is 10.7. The van der Waals surface area contributed by atoms with Crippen molar-refractivity contribution in [2.75, 3.05) is 0 Å². The summed E-state index contributed by atoms with van der Waals surface area (Å²) in [5, 5.41) is 9.58. The van der Waals surface area contributed by atoms with Crippen molar-refractivity contribution in [2.45, 2.75) is 31.6 Å². The number of hydrogen-bond acceptors (Lipinski definition) is 3. The van der Waals surface area contributed by atoms with Crippen LogP contribution in [0.25, 0.3) is 0 Å². The Hall–Kier alpha value is -1.06. The van der Waals surface area contributed by atoms with Gasteiger partial charge in [-0.2, -0.15) is 0 Å². The molecule has 0 bridgehead atoms. The van der Waals surface area contributed by atoms with E-state index in [0.29, 0.717) is 5.15 Å². The molecule has 18 heavy (non-hydrogen) atoms. The Kier molecular flexibility index (Phi) is 4.25. The molecule has 2 rings (SSSR count). The van der Waals surface area contributed by atoms with Crippen LogP contribution in [-0.4, -0.2) is 10.2 Å². The van der Waals surface area contributed by atoms with Crippen molar-refractivity contribution in [3.8, 4) is 0 Å². The van der Waals surface area contributed by atoms with Gasteiger partial charge in [0.05, 0.1) is 0 Å². The molecule has 0 saturated heterocycles. The average molecular weight is 279 g/mol. The first-order valence-electron chi connectivity index (χ1n) is 5.76. The summed E-state index contributed by atoms with van der Waals surface area (Å²) in [7, 11) is 0. The summed E-state index contributed by atoms with van der Waals surface area (Å²) in [4.78, 5) is 0. The molecular formula is C14H15ClN2S. The smallest absolute Gasteiger partial charge is 0.142 e. The summed E-state index contributed by atoms with van der Waals surface area (Å²) in [6, 6.07) is 8.39. The lowest BCUT2D eigenvalue weighted by Crippen LogP contribution is -1.96. The first kappa shape index (κ1) is 13.4. The zero-order valence-electron chi connectivity index (χ0n) is 10.7. The number of thioether (sulfide) groups is 1. The van der Waals surface area contributed by atoms with Crippen molar-refractivity contribution < 1.29 is 0 Å². The van der Waals surface area contributed by atoms with Crippen molar-refractivity contribution in [1.29, 1.82) is 0 Å². The monoisotopic (exact) mass is 278 g/mol. The predicted molar refractivity (Wildman–Crippen MR) is 77.3 cm³/mol. The maximum absolute atomic E-state index is 5.95. The Morgan fingerprint density at radius 3 is 2.50 bits per heavy atom. The molecule has 94 valence electrons. The molecule has 1 heterocycles. The Labute approximate surface area is 117 Å². The molecule has 0 aliphatic heterocycles. The Bertz CT molecular complexity index is 570. The largest absolute Gasteiger partial charge is 0.154 e. The van der Waals surface area contributed by atoms with E-state index in [1.807, 2.05) is 13.8 Å². The van der Waals surface area contributed by atoms with Crippen LogP contribution in [-0.2, 0) is 5.75 Å². The second-order valence-electron chi connectivity index (χ2n) is 4.26. The standard InChI is InChI=1S/C14H15ClN2S/c1-9-6-4-5-7-12(9)8-18-14-11(3)10(2)13(15)16-17-14/h4-7H,8H2,1-3H3. The van der Waals surface area contributed by atoms with Crippen LogP contribution in [0.1, 0.15) is 22.3 Å². The molecule has 0 aliphatic rings. The highest BCUT2D eigenvalue weighted by Gasteiger charge is 2.09. The molecule has 4 heteroatoms. The van der Waals surface area contributed by atoms with E-state index < -0.39 is 0 Å². The molecule has 1 aromatic heterocycles. The second kappa shape index (κ2) is 5.72. The Balaban J connectivity index is 2.17. The summed E-state index contributed by atoms with van der Waals surface area (Å²) >= 11 is 7.65. The lowest BCUT2D eigenvalue weighted by molar-refractivity contribution is 0.891. The van der Waals surface area contributed by atoms with E-state index in [-0.39, 0.29) is 0 Å². The van der Waals surface area contributed by atoms with Crippen LogP contribution >= 0.6 is 23.4 Å². The van der Waals surface area contributed by atoms with E-state index in [0.717, 1.165) is 21.9 Å². The van der Waals surface area contributed by atoms with Crippen LogP contribution in [0.3, 0.4) is 0 Å². The van der Waals surface area contributed by atoms with Crippen molar-refractivity contribution in [2.24, 2.45) is 0 Å². The number of nitrogens with zero attached hydrogens (tertiary/aromatic N) is 2. The highest BCUT2D eigenvalue weighted by molar-refractivity contribution is 7.98. The summed E-state index contributed by atoms with van der Waals surface area (Å²) < 4.78 is 0. The van der Waals surface area contributed by atoms with Crippen molar-refractivity contribution >= 4 is 23.4 Å². The molecule has 0 saturated carbocycles. The van der Waals surface area contributed by atoms with Gasteiger partial charge in [0.1, 0.15) is 5.03 Å². The molecule has 2 nitrogen and oxygen atoms in total. The molecule has 2 aromatic rings. The summed E-state index contributed by atoms with van der Waals surface area (Å²) in [6.45, 7) is 6.14. The first-order valence-corrected chi connectivity index (χ1v) is 7.12. The fourth-order valence-corrected chi connectivity index (χ4v) is 2.87. The van der Waals surface area contributed by atoms with Gasteiger partial charge < -0.3 is 0 Å². The van der Waals surface area contributed by atoms with Gasteiger partial charge in [0.2, 0.25) is 0 Å².